The first-order valence-corrected chi connectivity index (χ1v) is 8.91. The van der Waals surface area contributed by atoms with Gasteiger partial charge in [-0.3, -0.25) is 14.9 Å². The molecule has 0 aliphatic carbocycles. The molecule has 0 saturated carbocycles. The minimum Gasteiger partial charge on any atom is -0.481 e. The van der Waals surface area contributed by atoms with E-state index >= 15 is 0 Å². The molecule has 1 heterocycles. The molecule has 0 aliphatic heterocycles. The van der Waals surface area contributed by atoms with Crippen molar-refractivity contribution in [3.63, 3.8) is 0 Å². The molecule has 112 valence electrons. The molecule has 1 aromatic heterocycles. The summed E-state index contributed by atoms with van der Waals surface area (Å²) >= 11 is 4.03. The molecule has 0 aromatic carbocycles. The number of anilines is 1. The van der Waals surface area contributed by atoms with Crippen LogP contribution in [0.5, 0.6) is 0 Å². The second kappa shape index (κ2) is 9.19. The van der Waals surface area contributed by atoms with Crippen molar-refractivity contribution in [3.8, 4) is 0 Å². The molecule has 1 rings (SSSR count). The number of hydrogen-bond acceptors (Lipinski definition) is 7. The van der Waals surface area contributed by atoms with Crippen LogP contribution in [0.1, 0.15) is 26.7 Å². The summed E-state index contributed by atoms with van der Waals surface area (Å²) in [7, 11) is 0. The van der Waals surface area contributed by atoms with E-state index in [1.807, 2.05) is 0 Å². The van der Waals surface area contributed by atoms with Crippen molar-refractivity contribution in [2.75, 3.05) is 16.8 Å². The monoisotopic (exact) mass is 335 g/mol. The van der Waals surface area contributed by atoms with Crippen LogP contribution in [0.4, 0.5) is 5.13 Å². The molecule has 2 N–H and O–H groups in total. The lowest BCUT2D eigenvalue weighted by Gasteiger charge is -2.07. The summed E-state index contributed by atoms with van der Waals surface area (Å²) in [6, 6.07) is 0. The lowest BCUT2D eigenvalue weighted by atomic mass is 10.3. The van der Waals surface area contributed by atoms with Crippen molar-refractivity contribution in [3.05, 3.63) is 0 Å². The zero-order chi connectivity index (χ0) is 15.0. The summed E-state index contributed by atoms with van der Waals surface area (Å²) in [6.07, 6.45) is 1.10. The molecule has 1 aromatic rings. The molecule has 9 heteroatoms. The Labute approximate surface area is 130 Å². The number of rotatable bonds is 9. The van der Waals surface area contributed by atoms with Crippen LogP contribution < -0.4 is 5.32 Å². The number of aliphatic carboxylic acids is 1. The Morgan fingerprint density at radius 3 is 2.90 bits per heavy atom. The number of nitrogens with zero attached hydrogens (tertiary/aromatic N) is 2. The molecule has 0 bridgehead atoms. The third-order valence-corrected chi connectivity index (χ3v) is 5.01. The number of carboxylic acids is 1. The normalized spacial score (nSPS) is 12.1. The van der Waals surface area contributed by atoms with E-state index in [1.54, 1.807) is 18.7 Å². The van der Waals surface area contributed by atoms with Gasteiger partial charge in [-0.25, -0.2) is 0 Å². The van der Waals surface area contributed by atoms with E-state index in [4.69, 9.17) is 5.11 Å². The van der Waals surface area contributed by atoms with E-state index in [0.29, 0.717) is 10.3 Å². The fraction of sp³-hybridized carbons (Fsp3) is 0.636. The fourth-order valence-corrected chi connectivity index (χ4v) is 3.37. The van der Waals surface area contributed by atoms with Gasteiger partial charge in [0.2, 0.25) is 16.2 Å². The standard InChI is InChI=1S/C11H17N3O3S3/c1-3-4-18-11-13-10(20-14-11)12-8(15)6-19-7(2)5-9(16)17/h7H,3-6H2,1-2H3,(H,16,17)(H,12,13,14,15). The molecule has 1 unspecified atom stereocenters. The van der Waals surface area contributed by atoms with Gasteiger partial charge in [-0.15, -0.1) is 11.8 Å². The number of nitrogens with one attached hydrogen (secondary N) is 1. The first-order valence-electron chi connectivity index (χ1n) is 6.11. The largest absolute Gasteiger partial charge is 0.481 e. The molecule has 6 nitrogen and oxygen atoms in total. The molecule has 1 atom stereocenters. The highest BCUT2D eigenvalue weighted by atomic mass is 32.2. The van der Waals surface area contributed by atoms with Crippen LogP contribution in [0, 0.1) is 0 Å². The van der Waals surface area contributed by atoms with Crippen LogP contribution in [0.25, 0.3) is 0 Å². The van der Waals surface area contributed by atoms with Crippen molar-refractivity contribution in [2.24, 2.45) is 0 Å². The Hall–Kier alpha value is -0.800. The zero-order valence-electron chi connectivity index (χ0n) is 11.3. The highest BCUT2D eigenvalue weighted by Crippen LogP contribution is 2.21. The molecular weight excluding hydrogens is 318 g/mol. The van der Waals surface area contributed by atoms with E-state index in [2.05, 4.69) is 21.6 Å². The van der Waals surface area contributed by atoms with Gasteiger partial charge in [-0.1, -0.05) is 25.6 Å². The van der Waals surface area contributed by atoms with E-state index in [-0.39, 0.29) is 23.3 Å². The van der Waals surface area contributed by atoms with Gasteiger partial charge in [0.25, 0.3) is 0 Å². The maximum absolute atomic E-state index is 11.7. The van der Waals surface area contributed by atoms with Crippen molar-refractivity contribution in [1.82, 2.24) is 9.36 Å². The minimum atomic E-state index is -0.855. The van der Waals surface area contributed by atoms with Crippen LogP contribution in [-0.2, 0) is 9.59 Å². The second-order valence-electron chi connectivity index (χ2n) is 4.00. The van der Waals surface area contributed by atoms with Gasteiger partial charge in [0.15, 0.2) is 0 Å². The first-order chi connectivity index (χ1) is 9.51. The van der Waals surface area contributed by atoms with E-state index in [9.17, 15) is 9.59 Å². The lowest BCUT2D eigenvalue weighted by Crippen LogP contribution is -2.16. The van der Waals surface area contributed by atoms with Crippen LogP contribution in [0.15, 0.2) is 5.16 Å². The summed E-state index contributed by atoms with van der Waals surface area (Å²) in [5.74, 6) is 0.126. The lowest BCUT2D eigenvalue weighted by molar-refractivity contribution is -0.136. The quantitative estimate of drug-likeness (QED) is 0.670. The maximum Gasteiger partial charge on any atom is 0.304 e. The number of carboxylic acid groups (broad SMARTS) is 1. The van der Waals surface area contributed by atoms with Gasteiger partial charge in [0.05, 0.1) is 12.2 Å². The average molecular weight is 335 g/mol. The third-order valence-electron chi connectivity index (χ3n) is 2.05. The van der Waals surface area contributed by atoms with Gasteiger partial charge >= 0.3 is 5.97 Å². The first kappa shape index (κ1) is 17.3. The minimum absolute atomic E-state index is 0.0502. The van der Waals surface area contributed by atoms with Crippen molar-refractivity contribution < 1.29 is 14.7 Å². The fourth-order valence-electron chi connectivity index (χ4n) is 1.19. The number of thioether (sulfide) groups is 2. The van der Waals surface area contributed by atoms with Gasteiger partial charge < -0.3 is 5.11 Å². The van der Waals surface area contributed by atoms with Gasteiger partial charge in [0.1, 0.15) is 0 Å². The van der Waals surface area contributed by atoms with E-state index in [1.165, 1.54) is 11.8 Å². The molecule has 1 amide bonds. The number of carbonyl (C=O) groups excluding carboxylic acids is 1. The summed E-state index contributed by atoms with van der Waals surface area (Å²) < 4.78 is 4.14. The van der Waals surface area contributed by atoms with Crippen LogP contribution >= 0.6 is 35.1 Å². The summed E-state index contributed by atoms with van der Waals surface area (Å²) in [6.45, 7) is 3.87. The van der Waals surface area contributed by atoms with Crippen molar-refractivity contribution >= 4 is 52.1 Å². The maximum atomic E-state index is 11.7. The van der Waals surface area contributed by atoms with E-state index in [0.717, 1.165) is 23.7 Å². The molecule has 20 heavy (non-hydrogen) atoms. The summed E-state index contributed by atoms with van der Waals surface area (Å²) in [4.78, 5) is 26.4. The number of aromatic nitrogens is 2. The Morgan fingerprint density at radius 1 is 1.50 bits per heavy atom. The van der Waals surface area contributed by atoms with Gasteiger partial charge in [-0.05, 0) is 6.42 Å². The topological polar surface area (TPSA) is 92.2 Å². The predicted molar refractivity (Wildman–Crippen MR) is 83.7 cm³/mol. The van der Waals surface area contributed by atoms with E-state index < -0.39 is 5.97 Å². The Balaban J connectivity index is 2.31. The molecule has 0 fully saturated rings. The number of carbonyl (C=O) groups is 2. The SMILES string of the molecule is CCCSc1nsc(NC(=O)CSC(C)CC(=O)O)n1. The Bertz CT molecular complexity index is 453. The Kier molecular flexibility index (Phi) is 7.93. The molecule has 0 spiro atoms. The number of hydrogen-bond donors (Lipinski definition) is 2. The van der Waals surface area contributed by atoms with Gasteiger partial charge in [0, 0.05) is 22.5 Å². The highest BCUT2D eigenvalue weighted by molar-refractivity contribution is 8.00. The van der Waals surface area contributed by atoms with Crippen LogP contribution in [0.2, 0.25) is 0 Å². The average Bonchev–Trinajstić information content (AvgIpc) is 2.80. The van der Waals surface area contributed by atoms with Crippen molar-refractivity contribution in [1.29, 1.82) is 0 Å². The zero-order valence-corrected chi connectivity index (χ0v) is 13.7. The molecule has 0 radical (unpaired) electrons. The number of amides is 1. The third kappa shape index (κ3) is 7.11. The predicted octanol–water partition coefficient (Wildman–Crippen LogP) is 2.58. The smallest absolute Gasteiger partial charge is 0.304 e. The molecule has 0 aliphatic rings. The highest BCUT2D eigenvalue weighted by Gasteiger charge is 2.12. The van der Waals surface area contributed by atoms with Crippen molar-refractivity contribution in [2.45, 2.75) is 37.1 Å². The van der Waals surface area contributed by atoms with Crippen LogP contribution in [-0.4, -0.2) is 43.1 Å². The molecular formula is C11H17N3O3S3. The second-order valence-corrected chi connectivity index (χ2v) is 7.24. The van der Waals surface area contributed by atoms with Crippen LogP contribution in [0.3, 0.4) is 0 Å². The Morgan fingerprint density at radius 2 is 2.25 bits per heavy atom. The summed E-state index contributed by atoms with van der Waals surface area (Å²) in [5, 5.41) is 12.4. The van der Waals surface area contributed by atoms with Gasteiger partial charge in [-0.2, -0.15) is 9.36 Å². The summed E-state index contributed by atoms with van der Waals surface area (Å²) in [5.41, 5.74) is 0. The molecule has 0 saturated heterocycles.